The maximum Gasteiger partial charge on any atom is 0.315 e. The zero-order valence-corrected chi connectivity index (χ0v) is 12.0. The molecule has 1 heterocycles. The minimum Gasteiger partial charge on any atom is -0.481 e. The quantitative estimate of drug-likeness (QED) is 0.669. The van der Waals surface area contributed by atoms with Gasteiger partial charge < -0.3 is 15.7 Å². The van der Waals surface area contributed by atoms with Gasteiger partial charge in [-0.25, -0.2) is 9.78 Å². The van der Waals surface area contributed by atoms with Crippen molar-refractivity contribution >= 4 is 12.0 Å². The van der Waals surface area contributed by atoms with E-state index >= 15 is 0 Å². The molecule has 1 atom stereocenters. The highest BCUT2D eigenvalue weighted by atomic mass is 16.4. The molecular formula is C12H21N5O3. The van der Waals surface area contributed by atoms with E-state index in [-0.39, 0.29) is 19.0 Å². The highest BCUT2D eigenvalue weighted by Gasteiger charge is 2.19. The molecule has 0 spiro atoms. The van der Waals surface area contributed by atoms with Crippen LogP contribution in [-0.4, -0.2) is 38.4 Å². The van der Waals surface area contributed by atoms with Gasteiger partial charge in [0.15, 0.2) is 5.82 Å². The normalized spacial score (nSPS) is 12.2. The van der Waals surface area contributed by atoms with E-state index in [0.29, 0.717) is 12.2 Å². The first-order valence-electron chi connectivity index (χ1n) is 6.47. The molecule has 0 aliphatic carbocycles. The number of aliphatic carboxylic acids is 1. The Morgan fingerprint density at radius 2 is 2.10 bits per heavy atom. The number of carbonyl (C=O) groups excluding carboxylic acids is 1. The topological polar surface area (TPSA) is 109 Å². The molecule has 1 unspecified atom stereocenters. The fraction of sp³-hybridized carbons (Fsp3) is 0.667. The number of aryl methyl sites for hydroxylation is 1. The number of nitrogens with zero attached hydrogens (tertiary/aromatic N) is 3. The van der Waals surface area contributed by atoms with Crippen LogP contribution < -0.4 is 10.6 Å². The number of hydrogen-bond donors (Lipinski definition) is 3. The predicted molar refractivity (Wildman–Crippen MR) is 71.8 cm³/mol. The molecule has 0 fully saturated rings. The molecule has 2 amide bonds. The summed E-state index contributed by atoms with van der Waals surface area (Å²) in [7, 11) is 1.74. The Morgan fingerprint density at radius 1 is 1.40 bits per heavy atom. The van der Waals surface area contributed by atoms with Crippen LogP contribution in [0.4, 0.5) is 4.79 Å². The van der Waals surface area contributed by atoms with Crippen molar-refractivity contribution in [2.75, 3.05) is 6.54 Å². The van der Waals surface area contributed by atoms with Crippen LogP contribution in [0.25, 0.3) is 0 Å². The van der Waals surface area contributed by atoms with Gasteiger partial charge in [-0.2, -0.15) is 5.10 Å². The van der Waals surface area contributed by atoms with E-state index in [0.717, 1.165) is 0 Å². The van der Waals surface area contributed by atoms with E-state index in [1.165, 1.54) is 11.0 Å². The third-order valence-electron chi connectivity index (χ3n) is 2.67. The first-order valence-corrected chi connectivity index (χ1v) is 6.47. The molecule has 0 saturated heterocycles. The lowest BCUT2D eigenvalue weighted by atomic mass is 9.97. The van der Waals surface area contributed by atoms with Crippen LogP contribution in [0.1, 0.15) is 26.1 Å². The summed E-state index contributed by atoms with van der Waals surface area (Å²) in [6.07, 6.45) is 2.06. The van der Waals surface area contributed by atoms with E-state index < -0.39 is 17.9 Å². The van der Waals surface area contributed by atoms with Crippen molar-refractivity contribution in [1.82, 2.24) is 25.4 Å². The number of nitrogens with one attached hydrogen (secondary N) is 2. The molecule has 1 aromatic heterocycles. The van der Waals surface area contributed by atoms with Gasteiger partial charge in [-0.05, 0) is 12.3 Å². The number of amides is 2. The lowest BCUT2D eigenvalue weighted by molar-refractivity contribution is -0.142. The highest BCUT2D eigenvalue weighted by molar-refractivity contribution is 5.75. The number of urea groups is 1. The Morgan fingerprint density at radius 3 is 2.60 bits per heavy atom. The molecule has 1 aromatic rings. The second-order valence-corrected chi connectivity index (χ2v) is 5.06. The number of hydrogen-bond acceptors (Lipinski definition) is 4. The first-order chi connectivity index (χ1) is 9.38. The third kappa shape index (κ3) is 5.68. The summed E-state index contributed by atoms with van der Waals surface area (Å²) in [6.45, 7) is 4.20. The van der Waals surface area contributed by atoms with Gasteiger partial charge in [-0.15, -0.1) is 0 Å². The minimum absolute atomic E-state index is 0.106. The Balaban J connectivity index is 2.32. The molecule has 0 aromatic carbocycles. The lowest BCUT2D eigenvalue weighted by Gasteiger charge is -2.15. The number of aromatic nitrogens is 3. The number of carboxylic acid groups (broad SMARTS) is 1. The molecule has 20 heavy (non-hydrogen) atoms. The zero-order chi connectivity index (χ0) is 15.1. The molecular weight excluding hydrogens is 262 g/mol. The molecule has 0 bridgehead atoms. The maximum absolute atomic E-state index is 11.6. The maximum atomic E-state index is 11.6. The van der Waals surface area contributed by atoms with E-state index in [9.17, 15) is 9.59 Å². The largest absolute Gasteiger partial charge is 0.481 e. The summed E-state index contributed by atoms with van der Waals surface area (Å²) >= 11 is 0. The van der Waals surface area contributed by atoms with Crippen LogP contribution in [0.3, 0.4) is 0 Å². The fourth-order valence-corrected chi connectivity index (χ4v) is 1.74. The third-order valence-corrected chi connectivity index (χ3v) is 2.67. The molecule has 112 valence electrons. The van der Waals surface area contributed by atoms with Crippen LogP contribution in [0, 0.1) is 11.8 Å². The fourth-order valence-electron chi connectivity index (χ4n) is 1.74. The average molecular weight is 283 g/mol. The summed E-state index contributed by atoms with van der Waals surface area (Å²) in [5.74, 6) is -0.711. The Bertz CT molecular complexity index is 458. The molecule has 0 aliphatic rings. The van der Waals surface area contributed by atoms with Gasteiger partial charge in [0.25, 0.3) is 0 Å². The molecule has 0 radical (unpaired) electrons. The van der Waals surface area contributed by atoms with E-state index in [2.05, 4.69) is 20.7 Å². The first kappa shape index (κ1) is 15.9. The van der Waals surface area contributed by atoms with Gasteiger partial charge in [-0.1, -0.05) is 13.8 Å². The minimum atomic E-state index is -0.898. The van der Waals surface area contributed by atoms with Crippen LogP contribution in [0.2, 0.25) is 0 Å². The van der Waals surface area contributed by atoms with Gasteiger partial charge in [0.1, 0.15) is 6.33 Å². The van der Waals surface area contributed by atoms with Gasteiger partial charge in [0.2, 0.25) is 0 Å². The standard InChI is InChI=1S/C12H21N5O3/c1-8(2)4-9(11(18)19)5-13-12(20)14-6-10-15-7-17(3)16-10/h7-9H,4-6H2,1-3H3,(H,18,19)(H2,13,14,20). The van der Waals surface area contributed by atoms with Gasteiger partial charge in [0.05, 0.1) is 12.5 Å². The van der Waals surface area contributed by atoms with Crippen molar-refractivity contribution in [2.45, 2.75) is 26.8 Å². The Kier molecular flexibility index (Phi) is 5.95. The van der Waals surface area contributed by atoms with Crippen molar-refractivity contribution in [1.29, 1.82) is 0 Å². The van der Waals surface area contributed by atoms with Crippen molar-refractivity contribution in [3.05, 3.63) is 12.2 Å². The van der Waals surface area contributed by atoms with Gasteiger partial charge >= 0.3 is 12.0 Å². The average Bonchev–Trinajstić information content (AvgIpc) is 2.77. The molecule has 8 nitrogen and oxygen atoms in total. The smallest absolute Gasteiger partial charge is 0.315 e. The predicted octanol–water partition coefficient (Wildman–Crippen LogP) is 0.361. The lowest BCUT2D eigenvalue weighted by Crippen LogP contribution is -2.40. The van der Waals surface area contributed by atoms with Gasteiger partial charge in [0, 0.05) is 13.6 Å². The van der Waals surface area contributed by atoms with E-state index in [4.69, 9.17) is 5.11 Å². The highest BCUT2D eigenvalue weighted by Crippen LogP contribution is 2.10. The monoisotopic (exact) mass is 283 g/mol. The Hall–Kier alpha value is -2.12. The van der Waals surface area contributed by atoms with Crippen LogP contribution in [0.15, 0.2) is 6.33 Å². The molecule has 0 aliphatic heterocycles. The van der Waals surface area contributed by atoms with E-state index in [1.807, 2.05) is 13.8 Å². The molecule has 3 N–H and O–H groups in total. The summed E-state index contributed by atoms with van der Waals surface area (Å²) in [6, 6.07) is -0.424. The van der Waals surface area contributed by atoms with E-state index in [1.54, 1.807) is 7.05 Å². The second-order valence-electron chi connectivity index (χ2n) is 5.06. The van der Waals surface area contributed by atoms with Crippen molar-refractivity contribution in [3.8, 4) is 0 Å². The summed E-state index contributed by atoms with van der Waals surface area (Å²) < 4.78 is 1.54. The van der Waals surface area contributed by atoms with Crippen molar-refractivity contribution in [3.63, 3.8) is 0 Å². The molecule has 1 rings (SSSR count). The van der Waals surface area contributed by atoms with Crippen LogP contribution >= 0.6 is 0 Å². The van der Waals surface area contributed by atoms with Crippen molar-refractivity contribution < 1.29 is 14.7 Å². The SMILES string of the molecule is CC(C)CC(CNC(=O)NCc1ncn(C)n1)C(=O)O. The number of rotatable bonds is 7. The summed E-state index contributed by atoms with van der Waals surface area (Å²) in [5.41, 5.74) is 0. The Labute approximate surface area is 117 Å². The van der Waals surface area contributed by atoms with Gasteiger partial charge in [-0.3, -0.25) is 9.48 Å². The van der Waals surface area contributed by atoms with Crippen LogP contribution in [-0.2, 0) is 18.4 Å². The summed E-state index contributed by atoms with van der Waals surface area (Å²) in [4.78, 5) is 26.6. The number of carbonyl (C=O) groups is 2. The zero-order valence-electron chi connectivity index (χ0n) is 12.0. The molecule has 0 saturated carbocycles. The van der Waals surface area contributed by atoms with Crippen molar-refractivity contribution in [2.24, 2.45) is 18.9 Å². The number of carboxylic acids is 1. The van der Waals surface area contributed by atoms with Crippen LogP contribution in [0.5, 0.6) is 0 Å². The summed E-state index contributed by atoms with van der Waals surface area (Å²) in [5, 5.41) is 18.2. The second kappa shape index (κ2) is 7.46. The molecule has 8 heteroatoms.